The summed E-state index contributed by atoms with van der Waals surface area (Å²) in [6, 6.07) is 7.46. The van der Waals surface area contributed by atoms with Crippen LogP contribution in [0.15, 0.2) is 28.7 Å². The normalized spacial score (nSPS) is 10.5. The molecule has 2 N–H and O–H groups in total. The third-order valence-corrected chi connectivity index (χ3v) is 4.71. The quantitative estimate of drug-likeness (QED) is 0.865. The summed E-state index contributed by atoms with van der Waals surface area (Å²) < 4.78 is 0.587. The lowest BCUT2D eigenvalue weighted by molar-refractivity contribution is 0.0697. The maximum Gasteiger partial charge on any atom is 0.338 e. The monoisotopic (exact) mass is 339 g/mol. The second-order valence-corrected chi connectivity index (χ2v) is 6.47. The largest absolute Gasteiger partial charge is 0.478 e. The number of benzene rings is 1. The molecule has 0 amide bonds. The highest BCUT2D eigenvalue weighted by Crippen LogP contribution is 2.26. The molecule has 0 atom stereocenters. The highest BCUT2D eigenvalue weighted by Gasteiger charge is 2.13. The molecule has 1 aromatic heterocycles. The molecule has 1 aromatic carbocycles. The Labute approximate surface area is 124 Å². The van der Waals surface area contributed by atoms with Crippen LogP contribution in [0.2, 0.25) is 0 Å². The van der Waals surface area contributed by atoms with Gasteiger partial charge < -0.3 is 10.4 Å². The molecule has 0 saturated carbocycles. The van der Waals surface area contributed by atoms with Crippen molar-refractivity contribution < 1.29 is 9.90 Å². The number of anilines is 1. The molecule has 0 aliphatic heterocycles. The minimum atomic E-state index is -0.937. The summed E-state index contributed by atoms with van der Waals surface area (Å²) in [5.41, 5.74) is 2.17. The molecule has 5 heteroatoms. The van der Waals surface area contributed by atoms with Crippen LogP contribution in [0.3, 0.4) is 0 Å². The molecule has 3 nitrogen and oxygen atoms in total. The minimum absolute atomic E-state index is 0.271. The van der Waals surface area contributed by atoms with Gasteiger partial charge in [-0.2, -0.15) is 0 Å². The lowest BCUT2D eigenvalue weighted by Gasteiger charge is -2.09. The van der Waals surface area contributed by atoms with Crippen molar-refractivity contribution in [3.8, 4) is 0 Å². The third kappa shape index (κ3) is 3.16. The summed E-state index contributed by atoms with van der Waals surface area (Å²) in [4.78, 5) is 13.7. The zero-order chi connectivity index (χ0) is 14.0. The van der Waals surface area contributed by atoms with E-state index in [4.69, 9.17) is 0 Å². The van der Waals surface area contributed by atoms with E-state index in [2.05, 4.69) is 41.2 Å². The topological polar surface area (TPSA) is 49.3 Å². The standard InChI is InChI=1S/C14H14BrNO2S/c1-8-6-10(19-9(8)2)7-16-12-5-3-4-11(15)13(12)14(17)18/h3-6,16H,7H2,1-2H3,(H,17,18). The zero-order valence-electron chi connectivity index (χ0n) is 10.7. The van der Waals surface area contributed by atoms with Gasteiger partial charge in [-0.05, 0) is 53.5 Å². The molecule has 0 bridgehead atoms. The summed E-state index contributed by atoms with van der Waals surface area (Å²) in [6.07, 6.45) is 0. The summed E-state index contributed by atoms with van der Waals surface area (Å²) in [6.45, 7) is 4.80. The van der Waals surface area contributed by atoms with E-state index in [0.29, 0.717) is 16.7 Å². The van der Waals surface area contributed by atoms with Crippen molar-refractivity contribution in [2.24, 2.45) is 0 Å². The van der Waals surface area contributed by atoms with Crippen LogP contribution < -0.4 is 5.32 Å². The van der Waals surface area contributed by atoms with E-state index < -0.39 is 5.97 Å². The summed E-state index contributed by atoms with van der Waals surface area (Å²) >= 11 is 5.00. The second kappa shape index (κ2) is 5.75. The maximum absolute atomic E-state index is 11.2. The maximum atomic E-state index is 11.2. The number of aromatic carboxylic acids is 1. The van der Waals surface area contributed by atoms with E-state index in [0.717, 1.165) is 0 Å². The van der Waals surface area contributed by atoms with E-state index >= 15 is 0 Å². The van der Waals surface area contributed by atoms with E-state index in [1.807, 2.05) is 6.07 Å². The van der Waals surface area contributed by atoms with Crippen LogP contribution in [-0.2, 0) is 6.54 Å². The van der Waals surface area contributed by atoms with Gasteiger partial charge >= 0.3 is 5.97 Å². The number of nitrogens with one attached hydrogen (secondary N) is 1. The van der Waals surface area contributed by atoms with Crippen LogP contribution in [0.5, 0.6) is 0 Å². The predicted molar refractivity (Wildman–Crippen MR) is 82.2 cm³/mol. The number of halogens is 1. The molecule has 0 unspecified atom stereocenters. The Kier molecular flexibility index (Phi) is 4.27. The average molecular weight is 340 g/mol. The second-order valence-electron chi connectivity index (χ2n) is 4.27. The highest BCUT2D eigenvalue weighted by molar-refractivity contribution is 9.10. The minimum Gasteiger partial charge on any atom is -0.478 e. The van der Waals surface area contributed by atoms with Gasteiger partial charge in [0, 0.05) is 20.8 Å². The molecule has 0 saturated heterocycles. The van der Waals surface area contributed by atoms with E-state index in [1.54, 1.807) is 23.5 Å². The Bertz CT molecular complexity index is 602. The van der Waals surface area contributed by atoms with Gasteiger partial charge in [0.25, 0.3) is 0 Å². The SMILES string of the molecule is Cc1cc(CNc2cccc(Br)c2C(=O)O)sc1C. The van der Waals surface area contributed by atoms with Gasteiger partial charge in [0.1, 0.15) is 0 Å². The first-order valence-electron chi connectivity index (χ1n) is 5.80. The number of thiophene rings is 1. The molecule has 19 heavy (non-hydrogen) atoms. The fraction of sp³-hybridized carbons (Fsp3) is 0.214. The van der Waals surface area contributed by atoms with Gasteiger partial charge in [0.2, 0.25) is 0 Å². The molecule has 0 spiro atoms. The number of carbonyl (C=O) groups is 1. The number of aryl methyl sites for hydroxylation is 2. The number of hydrogen-bond acceptors (Lipinski definition) is 3. The van der Waals surface area contributed by atoms with Crippen molar-refractivity contribution in [2.45, 2.75) is 20.4 Å². The van der Waals surface area contributed by atoms with Crippen LogP contribution in [0.25, 0.3) is 0 Å². The van der Waals surface area contributed by atoms with Crippen molar-refractivity contribution in [3.63, 3.8) is 0 Å². The highest BCUT2D eigenvalue weighted by atomic mass is 79.9. The fourth-order valence-electron chi connectivity index (χ4n) is 1.81. The van der Waals surface area contributed by atoms with E-state index in [1.165, 1.54) is 15.3 Å². The third-order valence-electron chi connectivity index (χ3n) is 2.90. The summed E-state index contributed by atoms with van der Waals surface area (Å²) in [5.74, 6) is -0.937. The van der Waals surface area contributed by atoms with Crippen molar-refractivity contribution in [1.82, 2.24) is 0 Å². The molecular weight excluding hydrogens is 326 g/mol. The molecule has 2 rings (SSSR count). The Morgan fingerprint density at radius 1 is 1.42 bits per heavy atom. The van der Waals surface area contributed by atoms with Gasteiger partial charge in [-0.1, -0.05) is 6.07 Å². The van der Waals surface area contributed by atoms with Gasteiger partial charge in [0.15, 0.2) is 0 Å². The first kappa shape index (κ1) is 14.1. The van der Waals surface area contributed by atoms with Gasteiger partial charge in [0.05, 0.1) is 11.3 Å². The molecule has 0 aliphatic carbocycles. The molecule has 0 radical (unpaired) electrons. The lowest BCUT2D eigenvalue weighted by atomic mass is 10.2. The van der Waals surface area contributed by atoms with Crippen LogP contribution in [-0.4, -0.2) is 11.1 Å². The number of carboxylic acid groups (broad SMARTS) is 1. The van der Waals surface area contributed by atoms with Crippen LogP contribution in [0.4, 0.5) is 5.69 Å². The lowest BCUT2D eigenvalue weighted by Crippen LogP contribution is -2.06. The van der Waals surface area contributed by atoms with Crippen molar-refractivity contribution >= 4 is 38.9 Å². The van der Waals surface area contributed by atoms with Crippen molar-refractivity contribution in [2.75, 3.05) is 5.32 Å². The summed E-state index contributed by atoms with van der Waals surface area (Å²) in [5, 5.41) is 12.4. The molecular formula is C14H14BrNO2S. The zero-order valence-corrected chi connectivity index (χ0v) is 13.1. The molecule has 0 fully saturated rings. The Morgan fingerprint density at radius 3 is 2.74 bits per heavy atom. The van der Waals surface area contributed by atoms with Crippen LogP contribution >= 0.6 is 27.3 Å². The molecule has 100 valence electrons. The van der Waals surface area contributed by atoms with E-state index in [9.17, 15) is 9.90 Å². The van der Waals surface area contributed by atoms with Gasteiger partial charge in [-0.15, -0.1) is 11.3 Å². The van der Waals surface area contributed by atoms with Crippen molar-refractivity contribution in [3.05, 3.63) is 49.6 Å². The Morgan fingerprint density at radius 2 is 2.16 bits per heavy atom. The predicted octanol–water partition coefficient (Wildman–Crippen LogP) is 4.44. The first-order valence-corrected chi connectivity index (χ1v) is 7.41. The smallest absolute Gasteiger partial charge is 0.338 e. The first-order chi connectivity index (χ1) is 8.99. The Balaban J connectivity index is 2.20. The van der Waals surface area contributed by atoms with Crippen molar-refractivity contribution in [1.29, 1.82) is 0 Å². The summed E-state index contributed by atoms with van der Waals surface area (Å²) in [7, 11) is 0. The molecule has 2 aromatic rings. The number of hydrogen-bond donors (Lipinski definition) is 2. The number of rotatable bonds is 4. The van der Waals surface area contributed by atoms with Gasteiger partial charge in [-0.3, -0.25) is 0 Å². The molecule has 1 heterocycles. The van der Waals surface area contributed by atoms with E-state index in [-0.39, 0.29) is 5.56 Å². The fourth-order valence-corrected chi connectivity index (χ4v) is 3.34. The van der Waals surface area contributed by atoms with Gasteiger partial charge in [-0.25, -0.2) is 4.79 Å². The number of carboxylic acids is 1. The average Bonchev–Trinajstić information content (AvgIpc) is 2.65. The Hall–Kier alpha value is -1.33. The van der Waals surface area contributed by atoms with Crippen LogP contribution in [0.1, 0.15) is 25.7 Å². The molecule has 0 aliphatic rings. The van der Waals surface area contributed by atoms with Crippen LogP contribution in [0, 0.1) is 13.8 Å².